The van der Waals surface area contributed by atoms with Crippen LogP contribution in [0.4, 0.5) is 13.2 Å². The molecule has 0 radical (unpaired) electrons. The fourth-order valence-electron chi connectivity index (χ4n) is 2.06. The van der Waals surface area contributed by atoms with Crippen molar-refractivity contribution in [3.63, 3.8) is 0 Å². The van der Waals surface area contributed by atoms with Crippen molar-refractivity contribution >= 4 is 11.9 Å². The number of nitrogens with one attached hydrogen (secondary N) is 1. The van der Waals surface area contributed by atoms with Gasteiger partial charge in [-0.2, -0.15) is 0 Å². The monoisotopic (exact) mass is 305 g/mol. The van der Waals surface area contributed by atoms with Gasteiger partial charge in [0, 0.05) is 29.7 Å². The highest BCUT2D eigenvalue weighted by molar-refractivity contribution is 5.77. The van der Waals surface area contributed by atoms with E-state index >= 15 is 0 Å². The quantitative estimate of drug-likeness (QED) is 0.746. The molecular formula is C15H10F3N3O. The molecule has 7 heteroatoms. The first-order valence-corrected chi connectivity index (χ1v) is 6.30. The van der Waals surface area contributed by atoms with E-state index in [-0.39, 0.29) is 5.75 Å². The first-order valence-electron chi connectivity index (χ1n) is 6.30. The topological polar surface area (TPSA) is 50.4 Å². The summed E-state index contributed by atoms with van der Waals surface area (Å²) >= 11 is 0. The van der Waals surface area contributed by atoms with Gasteiger partial charge in [-0.3, -0.25) is 0 Å². The maximum atomic E-state index is 12.1. The Morgan fingerprint density at radius 1 is 1.05 bits per heavy atom. The lowest BCUT2D eigenvalue weighted by atomic mass is 10.2. The van der Waals surface area contributed by atoms with Gasteiger partial charge in [0.2, 0.25) is 0 Å². The fraction of sp³-hybridized carbons (Fsp3) is 0.0667. The number of hydrogen-bond acceptors (Lipinski definition) is 3. The highest BCUT2D eigenvalue weighted by Gasteiger charge is 2.30. The van der Waals surface area contributed by atoms with Crippen molar-refractivity contribution < 1.29 is 17.9 Å². The van der Waals surface area contributed by atoms with E-state index in [4.69, 9.17) is 5.41 Å². The number of pyridine rings is 1. The summed E-state index contributed by atoms with van der Waals surface area (Å²) in [5.74, 6) is -0.272. The van der Waals surface area contributed by atoms with Crippen molar-refractivity contribution in [3.05, 3.63) is 54.4 Å². The number of imidazole rings is 1. The summed E-state index contributed by atoms with van der Waals surface area (Å²) in [7, 11) is 0. The second-order valence-electron chi connectivity index (χ2n) is 4.57. The standard InChI is InChI=1S/C15H10F3N3O/c16-15(17,18)22-12-4-2-11(3-5-12)13-9-21-8-10(7-19)1-6-14(21)20-13/h1-9,19H. The minimum Gasteiger partial charge on any atom is -0.406 e. The number of fused-ring (bicyclic) bond motifs is 1. The molecule has 0 atom stereocenters. The van der Waals surface area contributed by atoms with E-state index in [0.29, 0.717) is 16.9 Å². The van der Waals surface area contributed by atoms with Crippen molar-refractivity contribution in [2.45, 2.75) is 6.36 Å². The molecule has 0 saturated carbocycles. The van der Waals surface area contributed by atoms with E-state index in [1.165, 1.54) is 30.5 Å². The van der Waals surface area contributed by atoms with Gasteiger partial charge in [0.05, 0.1) is 5.69 Å². The second kappa shape index (κ2) is 5.18. The molecule has 22 heavy (non-hydrogen) atoms. The summed E-state index contributed by atoms with van der Waals surface area (Å²) in [6.07, 6.45) is 0.0259. The minimum atomic E-state index is -4.70. The molecule has 4 nitrogen and oxygen atoms in total. The molecule has 1 N–H and O–H groups in total. The lowest BCUT2D eigenvalue weighted by molar-refractivity contribution is -0.274. The summed E-state index contributed by atoms with van der Waals surface area (Å²) in [5, 5.41) is 7.22. The van der Waals surface area contributed by atoms with Crippen LogP contribution in [0.1, 0.15) is 5.56 Å². The Labute approximate surface area is 123 Å². The Kier molecular flexibility index (Phi) is 3.32. The number of rotatable bonds is 3. The number of alkyl halides is 3. The minimum absolute atomic E-state index is 0.272. The zero-order valence-electron chi connectivity index (χ0n) is 11.1. The first-order chi connectivity index (χ1) is 10.4. The number of halogens is 3. The first kappa shape index (κ1) is 14.1. The SMILES string of the molecule is N=Cc1ccc2nc(-c3ccc(OC(F)(F)F)cc3)cn2c1. The van der Waals surface area contributed by atoms with Gasteiger partial charge in [-0.15, -0.1) is 13.2 Å². The van der Waals surface area contributed by atoms with E-state index < -0.39 is 6.36 Å². The molecule has 1 aromatic carbocycles. The van der Waals surface area contributed by atoms with E-state index in [1.807, 2.05) is 0 Å². The third-order valence-electron chi connectivity index (χ3n) is 3.02. The highest BCUT2D eigenvalue weighted by atomic mass is 19.4. The molecule has 0 fully saturated rings. The van der Waals surface area contributed by atoms with Gasteiger partial charge in [-0.1, -0.05) is 0 Å². The molecule has 0 spiro atoms. The fourth-order valence-corrected chi connectivity index (χ4v) is 2.06. The zero-order chi connectivity index (χ0) is 15.7. The van der Waals surface area contributed by atoms with Crippen molar-refractivity contribution in [1.29, 1.82) is 5.41 Å². The number of nitrogens with zero attached hydrogens (tertiary/aromatic N) is 2. The van der Waals surface area contributed by atoms with Crippen molar-refractivity contribution in [2.24, 2.45) is 0 Å². The van der Waals surface area contributed by atoms with Crippen LogP contribution in [0.2, 0.25) is 0 Å². The molecule has 0 bridgehead atoms. The number of benzene rings is 1. The molecule has 0 saturated heterocycles. The average Bonchev–Trinajstić information content (AvgIpc) is 2.89. The largest absolute Gasteiger partial charge is 0.573 e. The third kappa shape index (κ3) is 2.93. The Morgan fingerprint density at radius 3 is 2.41 bits per heavy atom. The van der Waals surface area contributed by atoms with Crippen molar-refractivity contribution in [2.75, 3.05) is 0 Å². The zero-order valence-corrected chi connectivity index (χ0v) is 11.1. The highest BCUT2D eigenvalue weighted by Crippen LogP contribution is 2.26. The van der Waals surface area contributed by atoms with Gasteiger partial charge in [-0.05, 0) is 36.4 Å². The van der Waals surface area contributed by atoms with Crippen LogP contribution in [0.15, 0.2) is 48.8 Å². The van der Waals surface area contributed by atoms with Gasteiger partial charge in [0.15, 0.2) is 0 Å². The summed E-state index contributed by atoms with van der Waals surface area (Å²) in [6, 6.07) is 9.05. The summed E-state index contributed by atoms with van der Waals surface area (Å²) in [6.45, 7) is 0. The van der Waals surface area contributed by atoms with Crippen LogP contribution in [-0.2, 0) is 0 Å². The molecule has 0 amide bonds. The van der Waals surface area contributed by atoms with Crippen LogP contribution in [0.5, 0.6) is 5.75 Å². The summed E-state index contributed by atoms with van der Waals surface area (Å²) < 4.78 is 41.9. The Morgan fingerprint density at radius 2 is 1.77 bits per heavy atom. The smallest absolute Gasteiger partial charge is 0.406 e. The Hall–Kier alpha value is -2.83. The van der Waals surface area contributed by atoms with Gasteiger partial charge >= 0.3 is 6.36 Å². The van der Waals surface area contributed by atoms with Gasteiger partial charge in [0.25, 0.3) is 0 Å². The Balaban J connectivity index is 1.92. The van der Waals surface area contributed by atoms with Crippen LogP contribution < -0.4 is 4.74 Å². The molecule has 112 valence electrons. The summed E-state index contributed by atoms with van der Waals surface area (Å²) in [5.41, 5.74) is 2.72. The second-order valence-corrected chi connectivity index (χ2v) is 4.57. The van der Waals surface area contributed by atoms with Gasteiger partial charge in [0.1, 0.15) is 11.4 Å². The molecule has 0 aliphatic carbocycles. The van der Waals surface area contributed by atoms with Crippen molar-refractivity contribution in [3.8, 4) is 17.0 Å². The molecular weight excluding hydrogens is 295 g/mol. The van der Waals surface area contributed by atoms with Crippen molar-refractivity contribution in [1.82, 2.24) is 9.38 Å². The predicted octanol–water partition coefficient (Wildman–Crippen LogP) is 3.90. The number of aromatic nitrogens is 2. The van der Waals surface area contributed by atoms with Crippen LogP contribution >= 0.6 is 0 Å². The van der Waals surface area contributed by atoms with Crippen LogP contribution in [0, 0.1) is 5.41 Å². The van der Waals surface area contributed by atoms with E-state index in [9.17, 15) is 13.2 Å². The van der Waals surface area contributed by atoms with E-state index in [1.54, 1.807) is 28.9 Å². The maximum absolute atomic E-state index is 12.1. The molecule has 3 aromatic rings. The molecule has 0 aliphatic heterocycles. The number of hydrogen-bond donors (Lipinski definition) is 1. The third-order valence-corrected chi connectivity index (χ3v) is 3.02. The predicted molar refractivity (Wildman–Crippen MR) is 75.2 cm³/mol. The molecule has 0 unspecified atom stereocenters. The van der Waals surface area contributed by atoms with Gasteiger partial charge in [-0.25, -0.2) is 4.98 Å². The van der Waals surface area contributed by atoms with E-state index in [2.05, 4.69) is 9.72 Å². The molecule has 0 aliphatic rings. The van der Waals surface area contributed by atoms with Gasteiger partial charge < -0.3 is 14.5 Å². The summed E-state index contributed by atoms with van der Waals surface area (Å²) in [4.78, 5) is 4.39. The lowest BCUT2D eigenvalue weighted by Crippen LogP contribution is -2.16. The number of ether oxygens (including phenoxy) is 1. The lowest BCUT2D eigenvalue weighted by Gasteiger charge is -2.08. The van der Waals surface area contributed by atoms with Crippen LogP contribution in [0.25, 0.3) is 16.9 Å². The average molecular weight is 305 g/mol. The molecule has 2 aromatic heterocycles. The molecule has 3 rings (SSSR count). The maximum Gasteiger partial charge on any atom is 0.573 e. The normalized spacial score (nSPS) is 11.6. The van der Waals surface area contributed by atoms with E-state index in [0.717, 1.165) is 5.56 Å². The molecule has 2 heterocycles. The van der Waals surface area contributed by atoms with Crippen LogP contribution in [-0.4, -0.2) is 22.0 Å². The van der Waals surface area contributed by atoms with Crippen LogP contribution in [0.3, 0.4) is 0 Å². The Bertz CT molecular complexity index is 822.